The Morgan fingerprint density at radius 3 is 3.21 bits per heavy atom. The summed E-state index contributed by atoms with van der Waals surface area (Å²) >= 11 is 0. The highest BCUT2D eigenvalue weighted by atomic mass is 16.5. The maximum absolute atomic E-state index is 5.66. The number of benzene rings is 1. The highest BCUT2D eigenvalue weighted by Gasteiger charge is 2.19. The molecule has 0 aliphatic carbocycles. The number of nitrogens with zero attached hydrogens (tertiary/aromatic N) is 3. The highest BCUT2D eigenvalue weighted by molar-refractivity contribution is 5.37. The molecule has 1 unspecified atom stereocenters. The standard InChI is InChI=1S/C14H18N4O/c1-2-5-14-12(4-1)13(6-11-19-14)15-7-3-9-18-10-8-16-17-18/h1-2,4-5,8,10,13,15H,3,6-7,9,11H2. The number of ether oxygens (including phenoxy) is 1. The maximum Gasteiger partial charge on any atom is 0.124 e. The number of aromatic nitrogens is 3. The summed E-state index contributed by atoms with van der Waals surface area (Å²) in [5.41, 5.74) is 1.27. The second-order valence-corrected chi connectivity index (χ2v) is 4.70. The van der Waals surface area contributed by atoms with Crippen molar-refractivity contribution in [1.29, 1.82) is 0 Å². The van der Waals surface area contributed by atoms with Gasteiger partial charge in [-0.3, -0.25) is 4.68 Å². The minimum Gasteiger partial charge on any atom is -0.493 e. The Morgan fingerprint density at radius 2 is 2.32 bits per heavy atom. The molecule has 1 aromatic heterocycles. The molecule has 0 fully saturated rings. The van der Waals surface area contributed by atoms with E-state index in [1.807, 2.05) is 23.0 Å². The molecule has 0 bridgehead atoms. The summed E-state index contributed by atoms with van der Waals surface area (Å²) in [6.07, 6.45) is 5.68. The Hall–Kier alpha value is -1.88. The lowest BCUT2D eigenvalue weighted by molar-refractivity contribution is 0.252. The van der Waals surface area contributed by atoms with Gasteiger partial charge in [-0.25, -0.2) is 0 Å². The smallest absolute Gasteiger partial charge is 0.124 e. The van der Waals surface area contributed by atoms with Gasteiger partial charge in [-0.05, 0) is 19.0 Å². The van der Waals surface area contributed by atoms with E-state index in [0.29, 0.717) is 6.04 Å². The molecule has 0 saturated heterocycles. The number of aryl methyl sites for hydroxylation is 1. The number of nitrogens with one attached hydrogen (secondary N) is 1. The van der Waals surface area contributed by atoms with Crippen LogP contribution in [0.3, 0.4) is 0 Å². The molecule has 1 N–H and O–H groups in total. The van der Waals surface area contributed by atoms with Crippen molar-refractivity contribution in [3.63, 3.8) is 0 Å². The van der Waals surface area contributed by atoms with E-state index in [2.05, 4.69) is 27.8 Å². The lowest BCUT2D eigenvalue weighted by Crippen LogP contribution is -2.28. The third-order valence-electron chi connectivity index (χ3n) is 3.39. The van der Waals surface area contributed by atoms with E-state index >= 15 is 0 Å². The third-order valence-corrected chi connectivity index (χ3v) is 3.39. The van der Waals surface area contributed by atoms with Crippen molar-refractivity contribution in [3.05, 3.63) is 42.2 Å². The highest BCUT2D eigenvalue weighted by Crippen LogP contribution is 2.31. The van der Waals surface area contributed by atoms with E-state index in [9.17, 15) is 0 Å². The Labute approximate surface area is 112 Å². The molecule has 0 amide bonds. The largest absolute Gasteiger partial charge is 0.493 e. The first-order valence-electron chi connectivity index (χ1n) is 6.73. The fraction of sp³-hybridized carbons (Fsp3) is 0.429. The van der Waals surface area contributed by atoms with E-state index in [1.54, 1.807) is 6.20 Å². The van der Waals surface area contributed by atoms with Crippen molar-refractivity contribution < 1.29 is 4.74 Å². The van der Waals surface area contributed by atoms with Gasteiger partial charge in [0.15, 0.2) is 0 Å². The van der Waals surface area contributed by atoms with Gasteiger partial charge < -0.3 is 10.1 Å². The van der Waals surface area contributed by atoms with Gasteiger partial charge >= 0.3 is 0 Å². The quantitative estimate of drug-likeness (QED) is 0.831. The summed E-state index contributed by atoms with van der Waals surface area (Å²) in [6, 6.07) is 8.67. The number of fused-ring (bicyclic) bond motifs is 1. The second-order valence-electron chi connectivity index (χ2n) is 4.70. The number of hydrogen-bond donors (Lipinski definition) is 1. The van der Waals surface area contributed by atoms with E-state index < -0.39 is 0 Å². The van der Waals surface area contributed by atoms with Crippen LogP contribution < -0.4 is 10.1 Å². The van der Waals surface area contributed by atoms with Crippen LogP contribution in [-0.2, 0) is 6.54 Å². The van der Waals surface area contributed by atoms with Gasteiger partial charge in [0.1, 0.15) is 5.75 Å². The molecular formula is C14H18N4O. The Kier molecular flexibility index (Phi) is 3.74. The minimum atomic E-state index is 0.403. The lowest BCUT2D eigenvalue weighted by atomic mass is 10.0. The average molecular weight is 258 g/mol. The van der Waals surface area contributed by atoms with Crippen molar-refractivity contribution in [2.45, 2.75) is 25.4 Å². The molecule has 0 saturated carbocycles. The zero-order chi connectivity index (χ0) is 12.9. The molecule has 2 aromatic rings. The number of hydrogen-bond acceptors (Lipinski definition) is 4. The average Bonchev–Trinajstić information content (AvgIpc) is 2.97. The van der Waals surface area contributed by atoms with Gasteiger partial charge in [-0.1, -0.05) is 23.4 Å². The summed E-state index contributed by atoms with van der Waals surface area (Å²) in [6.45, 7) is 2.66. The van der Waals surface area contributed by atoms with Gasteiger partial charge in [0.05, 0.1) is 12.8 Å². The summed E-state index contributed by atoms with van der Waals surface area (Å²) in [7, 11) is 0. The Morgan fingerprint density at radius 1 is 1.37 bits per heavy atom. The number of para-hydroxylation sites is 1. The van der Waals surface area contributed by atoms with Crippen LogP contribution in [0.15, 0.2) is 36.7 Å². The molecule has 0 spiro atoms. The summed E-state index contributed by atoms with van der Waals surface area (Å²) < 4.78 is 7.52. The summed E-state index contributed by atoms with van der Waals surface area (Å²) in [5.74, 6) is 1.02. The van der Waals surface area contributed by atoms with Crippen LogP contribution in [0.1, 0.15) is 24.4 Å². The molecule has 19 heavy (non-hydrogen) atoms. The van der Waals surface area contributed by atoms with Gasteiger partial charge in [0.25, 0.3) is 0 Å². The molecule has 1 aromatic carbocycles. The Bertz CT molecular complexity index is 512. The molecule has 0 radical (unpaired) electrons. The van der Waals surface area contributed by atoms with Crippen LogP contribution in [-0.4, -0.2) is 28.1 Å². The normalized spacial score (nSPS) is 17.8. The lowest BCUT2D eigenvalue weighted by Gasteiger charge is -2.26. The van der Waals surface area contributed by atoms with Crippen LogP contribution in [0, 0.1) is 0 Å². The van der Waals surface area contributed by atoms with Gasteiger partial charge in [-0.15, -0.1) is 5.10 Å². The maximum atomic E-state index is 5.66. The van der Waals surface area contributed by atoms with Crippen molar-refractivity contribution in [2.24, 2.45) is 0 Å². The predicted octanol–water partition coefficient (Wildman–Crippen LogP) is 1.78. The first kappa shape index (κ1) is 12.2. The van der Waals surface area contributed by atoms with Crippen molar-refractivity contribution >= 4 is 0 Å². The third kappa shape index (κ3) is 2.93. The minimum absolute atomic E-state index is 0.403. The molecule has 5 nitrogen and oxygen atoms in total. The van der Waals surface area contributed by atoms with E-state index in [4.69, 9.17) is 4.74 Å². The molecule has 3 rings (SSSR count). The molecule has 1 aliphatic heterocycles. The zero-order valence-corrected chi connectivity index (χ0v) is 10.8. The van der Waals surface area contributed by atoms with Crippen LogP contribution in [0.25, 0.3) is 0 Å². The van der Waals surface area contributed by atoms with Crippen LogP contribution >= 0.6 is 0 Å². The van der Waals surface area contributed by atoms with E-state index in [0.717, 1.165) is 38.3 Å². The predicted molar refractivity (Wildman–Crippen MR) is 71.9 cm³/mol. The van der Waals surface area contributed by atoms with Crippen LogP contribution in [0.4, 0.5) is 0 Å². The molecular weight excluding hydrogens is 240 g/mol. The SMILES string of the molecule is c1ccc2c(c1)OCCC2NCCCn1ccnn1. The fourth-order valence-corrected chi connectivity index (χ4v) is 2.42. The molecule has 5 heteroatoms. The zero-order valence-electron chi connectivity index (χ0n) is 10.8. The molecule has 1 atom stereocenters. The molecule has 1 aliphatic rings. The van der Waals surface area contributed by atoms with Gasteiger partial charge in [0, 0.05) is 30.8 Å². The van der Waals surface area contributed by atoms with Crippen molar-refractivity contribution in [1.82, 2.24) is 20.3 Å². The van der Waals surface area contributed by atoms with Gasteiger partial charge in [0.2, 0.25) is 0 Å². The van der Waals surface area contributed by atoms with Gasteiger partial charge in [-0.2, -0.15) is 0 Å². The molecule has 100 valence electrons. The van der Waals surface area contributed by atoms with Crippen molar-refractivity contribution in [3.8, 4) is 5.75 Å². The summed E-state index contributed by atoms with van der Waals surface area (Å²) in [4.78, 5) is 0. The van der Waals surface area contributed by atoms with Crippen molar-refractivity contribution in [2.75, 3.05) is 13.2 Å². The number of rotatable bonds is 5. The van der Waals surface area contributed by atoms with Crippen LogP contribution in [0.5, 0.6) is 5.75 Å². The first-order chi connectivity index (χ1) is 9.43. The van der Waals surface area contributed by atoms with E-state index in [1.165, 1.54) is 5.56 Å². The fourth-order valence-electron chi connectivity index (χ4n) is 2.42. The monoisotopic (exact) mass is 258 g/mol. The Balaban J connectivity index is 1.51. The van der Waals surface area contributed by atoms with E-state index in [-0.39, 0.29) is 0 Å². The molecule has 2 heterocycles. The topological polar surface area (TPSA) is 52.0 Å². The second kappa shape index (κ2) is 5.84. The summed E-state index contributed by atoms with van der Waals surface area (Å²) in [5, 5.41) is 11.4. The first-order valence-corrected chi connectivity index (χ1v) is 6.73. The van der Waals surface area contributed by atoms with Crippen LogP contribution in [0.2, 0.25) is 0 Å².